The van der Waals surface area contributed by atoms with Crippen LogP contribution in [0, 0.1) is 13.8 Å². The predicted molar refractivity (Wildman–Crippen MR) is 68.6 cm³/mol. The summed E-state index contributed by atoms with van der Waals surface area (Å²) in [5, 5.41) is 10.3. The minimum absolute atomic E-state index is 0.448. The summed E-state index contributed by atoms with van der Waals surface area (Å²) in [7, 11) is 1.54. The van der Waals surface area contributed by atoms with E-state index in [4.69, 9.17) is 4.74 Å². The third-order valence-electron chi connectivity index (χ3n) is 2.71. The van der Waals surface area contributed by atoms with Gasteiger partial charge in [-0.3, -0.25) is 0 Å². The van der Waals surface area contributed by atoms with Gasteiger partial charge in [-0.2, -0.15) is 0 Å². The summed E-state index contributed by atoms with van der Waals surface area (Å²) >= 11 is 0. The Hall–Kier alpha value is -1.94. The molecular formula is C14H16N2O2. The molecule has 0 aliphatic rings. The minimum atomic E-state index is -0.763. The molecule has 1 heterocycles. The van der Waals surface area contributed by atoms with Crippen LogP contribution >= 0.6 is 0 Å². The highest BCUT2D eigenvalue weighted by molar-refractivity contribution is 5.34. The summed E-state index contributed by atoms with van der Waals surface area (Å²) in [4.78, 5) is 8.01. The van der Waals surface area contributed by atoms with E-state index in [1.165, 1.54) is 13.4 Å². The Balaban J connectivity index is 2.37. The fraction of sp³-hybridized carbons (Fsp3) is 0.286. The third-order valence-corrected chi connectivity index (χ3v) is 2.71. The number of aromatic nitrogens is 2. The van der Waals surface area contributed by atoms with Crippen molar-refractivity contribution in [3.63, 3.8) is 0 Å². The Morgan fingerprint density at radius 1 is 1.06 bits per heavy atom. The summed E-state index contributed by atoms with van der Waals surface area (Å²) in [6.45, 7) is 4.01. The van der Waals surface area contributed by atoms with Gasteiger partial charge in [-0.15, -0.1) is 0 Å². The molecule has 94 valence electrons. The van der Waals surface area contributed by atoms with Crippen molar-refractivity contribution in [1.82, 2.24) is 9.97 Å². The molecule has 4 heteroatoms. The molecule has 0 spiro atoms. The Morgan fingerprint density at radius 2 is 1.72 bits per heavy atom. The van der Waals surface area contributed by atoms with Gasteiger partial charge in [0, 0.05) is 6.07 Å². The molecule has 4 nitrogen and oxygen atoms in total. The van der Waals surface area contributed by atoms with Crippen molar-refractivity contribution in [1.29, 1.82) is 0 Å². The molecule has 1 N–H and O–H groups in total. The van der Waals surface area contributed by atoms with Gasteiger partial charge in [-0.1, -0.05) is 29.3 Å². The number of aryl methyl sites for hydroxylation is 2. The SMILES string of the molecule is COc1cc(C(O)c2cc(C)cc(C)c2)ncn1. The molecule has 18 heavy (non-hydrogen) atoms. The van der Waals surface area contributed by atoms with Crippen molar-refractivity contribution in [2.75, 3.05) is 7.11 Å². The molecule has 1 aromatic heterocycles. The van der Waals surface area contributed by atoms with Crippen LogP contribution in [0.1, 0.15) is 28.5 Å². The Bertz CT molecular complexity index is 535. The van der Waals surface area contributed by atoms with Crippen LogP contribution in [-0.4, -0.2) is 22.2 Å². The summed E-state index contributed by atoms with van der Waals surface area (Å²) in [6, 6.07) is 7.61. The Kier molecular flexibility index (Phi) is 3.58. The molecule has 0 saturated carbocycles. The van der Waals surface area contributed by atoms with Crippen LogP contribution < -0.4 is 4.74 Å². The first-order valence-corrected chi connectivity index (χ1v) is 5.72. The minimum Gasteiger partial charge on any atom is -0.481 e. The van der Waals surface area contributed by atoms with Crippen LogP contribution in [0.15, 0.2) is 30.6 Å². The molecule has 1 unspecified atom stereocenters. The van der Waals surface area contributed by atoms with Crippen molar-refractivity contribution in [3.05, 3.63) is 53.0 Å². The van der Waals surface area contributed by atoms with Crippen molar-refractivity contribution >= 4 is 0 Å². The summed E-state index contributed by atoms with van der Waals surface area (Å²) in [5.74, 6) is 0.448. The number of hydrogen-bond acceptors (Lipinski definition) is 4. The van der Waals surface area contributed by atoms with Gasteiger partial charge in [0.05, 0.1) is 12.8 Å². The normalized spacial score (nSPS) is 12.2. The molecule has 2 aromatic rings. The summed E-state index contributed by atoms with van der Waals surface area (Å²) in [6.07, 6.45) is 0.626. The molecule has 0 fully saturated rings. The largest absolute Gasteiger partial charge is 0.481 e. The number of hydrogen-bond donors (Lipinski definition) is 1. The van der Waals surface area contributed by atoms with Crippen molar-refractivity contribution in [2.45, 2.75) is 20.0 Å². The lowest BCUT2D eigenvalue weighted by molar-refractivity contribution is 0.214. The van der Waals surface area contributed by atoms with E-state index in [1.54, 1.807) is 6.07 Å². The second-order valence-electron chi connectivity index (χ2n) is 4.31. The van der Waals surface area contributed by atoms with Gasteiger partial charge in [0.1, 0.15) is 12.4 Å². The molecule has 0 aliphatic heterocycles. The van der Waals surface area contributed by atoms with Gasteiger partial charge in [0.15, 0.2) is 0 Å². The van der Waals surface area contributed by atoms with Crippen molar-refractivity contribution < 1.29 is 9.84 Å². The number of nitrogens with zero attached hydrogens (tertiary/aromatic N) is 2. The molecule has 0 bridgehead atoms. The molecule has 1 aromatic carbocycles. The van der Waals surface area contributed by atoms with Crippen LogP contribution in [0.3, 0.4) is 0 Å². The second kappa shape index (κ2) is 5.14. The molecule has 0 amide bonds. The zero-order chi connectivity index (χ0) is 13.1. The lowest BCUT2D eigenvalue weighted by Crippen LogP contribution is -2.04. The summed E-state index contributed by atoms with van der Waals surface area (Å²) < 4.78 is 5.03. The molecule has 2 rings (SSSR count). The van der Waals surface area contributed by atoms with Crippen molar-refractivity contribution in [3.8, 4) is 5.88 Å². The molecule has 0 saturated heterocycles. The highest BCUT2D eigenvalue weighted by atomic mass is 16.5. The van der Waals surface area contributed by atoms with Gasteiger partial charge >= 0.3 is 0 Å². The number of aliphatic hydroxyl groups is 1. The maximum atomic E-state index is 10.3. The van der Waals surface area contributed by atoms with Gasteiger partial charge in [-0.25, -0.2) is 9.97 Å². The molecule has 0 radical (unpaired) electrons. The van der Waals surface area contributed by atoms with E-state index in [0.717, 1.165) is 16.7 Å². The van der Waals surface area contributed by atoms with E-state index in [1.807, 2.05) is 26.0 Å². The van der Waals surface area contributed by atoms with E-state index >= 15 is 0 Å². The molecule has 1 atom stereocenters. The topological polar surface area (TPSA) is 55.2 Å². The van der Waals surface area contributed by atoms with Crippen LogP contribution in [0.4, 0.5) is 0 Å². The summed E-state index contributed by atoms with van der Waals surface area (Å²) in [5.41, 5.74) is 3.59. The third kappa shape index (κ3) is 2.65. The van der Waals surface area contributed by atoms with Crippen LogP contribution in [-0.2, 0) is 0 Å². The Labute approximate surface area is 106 Å². The van der Waals surface area contributed by atoms with E-state index in [0.29, 0.717) is 11.6 Å². The quantitative estimate of drug-likeness (QED) is 0.899. The van der Waals surface area contributed by atoms with Gasteiger partial charge in [0.25, 0.3) is 0 Å². The van der Waals surface area contributed by atoms with Crippen LogP contribution in [0.5, 0.6) is 5.88 Å². The van der Waals surface area contributed by atoms with Gasteiger partial charge < -0.3 is 9.84 Å². The van der Waals surface area contributed by atoms with E-state index < -0.39 is 6.10 Å². The molecular weight excluding hydrogens is 228 g/mol. The maximum absolute atomic E-state index is 10.3. The first-order chi connectivity index (χ1) is 8.60. The smallest absolute Gasteiger partial charge is 0.216 e. The van der Waals surface area contributed by atoms with Crippen molar-refractivity contribution in [2.24, 2.45) is 0 Å². The highest BCUT2D eigenvalue weighted by Crippen LogP contribution is 2.23. The number of methoxy groups -OCH3 is 1. The second-order valence-corrected chi connectivity index (χ2v) is 4.31. The lowest BCUT2D eigenvalue weighted by atomic mass is 10.0. The standard InChI is InChI=1S/C14H16N2O2/c1-9-4-10(2)6-11(5-9)14(17)12-7-13(18-3)16-8-15-12/h4-8,14,17H,1-3H3. The fourth-order valence-electron chi connectivity index (χ4n) is 1.95. The number of ether oxygens (including phenoxy) is 1. The monoisotopic (exact) mass is 244 g/mol. The number of rotatable bonds is 3. The first-order valence-electron chi connectivity index (χ1n) is 5.72. The zero-order valence-corrected chi connectivity index (χ0v) is 10.7. The fourth-order valence-corrected chi connectivity index (χ4v) is 1.95. The van der Waals surface area contributed by atoms with Gasteiger partial charge in [-0.05, 0) is 19.4 Å². The number of benzene rings is 1. The van der Waals surface area contributed by atoms with E-state index in [-0.39, 0.29) is 0 Å². The average Bonchev–Trinajstić information content (AvgIpc) is 2.37. The average molecular weight is 244 g/mol. The van der Waals surface area contributed by atoms with E-state index in [9.17, 15) is 5.11 Å². The number of aliphatic hydroxyl groups excluding tert-OH is 1. The predicted octanol–water partition coefficient (Wildman–Crippen LogP) is 2.18. The van der Waals surface area contributed by atoms with Crippen LogP contribution in [0.2, 0.25) is 0 Å². The molecule has 0 aliphatic carbocycles. The lowest BCUT2D eigenvalue weighted by Gasteiger charge is -2.12. The Morgan fingerprint density at radius 3 is 2.33 bits per heavy atom. The van der Waals surface area contributed by atoms with Gasteiger partial charge in [0.2, 0.25) is 5.88 Å². The zero-order valence-electron chi connectivity index (χ0n) is 10.7. The maximum Gasteiger partial charge on any atom is 0.216 e. The highest BCUT2D eigenvalue weighted by Gasteiger charge is 2.13. The first kappa shape index (κ1) is 12.5. The van der Waals surface area contributed by atoms with E-state index in [2.05, 4.69) is 16.0 Å². The van der Waals surface area contributed by atoms with Crippen LogP contribution in [0.25, 0.3) is 0 Å².